The van der Waals surface area contributed by atoms with E-state index in [1.807, 2.05) is 36.6 Å². The fourth-order valence-electron chi connectivity index (χ4n) is 42.4. The number of aromatic nitrogens is 1. The summed E-state index contributed by atoms with van der Waals surface area (Å²) in [7, 11) is 0. The number of rotatable bonds is 4. The molecule has 0 spiro atoms. The second-order valence-electron chi connectivity index (χ2n) is 56.6. The van der Waals surface area contributed by atoms with Gasteiger partial charge in [-0.25, -0.2) is 0 Å². The molecule has 25 aliphatic carbocycles. The van der Waals surface area contributed by atoms with Gasteiger partial charge in [-0.05, 0) is 481 Å². The van der Waals surface area contributed by atoms with E-state index < -0.39 is 16.8 Å². The molecule has 0 aromatic carbocycles. The number of carbonyl (C=O) groups is 6. The van der Waals surface area contributed by atoms with Crippen molar-refractivity contribution in [3.63, 3.8) is 0 Å². The summed E-state index contributed by atoms with van der Waals surface area (Å²) >= 11 is 0. The summed E-state index contributed by atoms with van der Waals surface area (Å²) in [6.45, 7) is 30.6. The highest BCUT2D eigenvalue weighted by atomic mass is 16.5. The maximum atomic E-state index is 12.7. The largest absolute Gasteiger partial charge is 0.462 e. The minimum absolute atomic E-state index is 0.0579. The van der Waals surface area contributed by atoms with Crippen LogP contribution >= 0.6 is 0 Å². The Morgan fingerprint density at radius 2 is 0.655 bits per heavy atom. The van der Waals surface area contributed by atoms with Gasteiger partial charge < -0.3 is 34.8 Å². The van der Waals surface area contributed by atoms with Gasteiger partial charge in [-0.2, -0.15) is 0 Å². The fourth-order valence-corrected chi connectivity index (χ4v) is 42.4. The van der Waals surface area contributed by atoms with Gasteiger partial charge in [0.1, 0.15) is 17.3 Å². The highest BCUT2D eigenvalue weighted by Gasteiger charge is 2.70. The molecule has 0 aliphatic heterocycles. The van der Waals surface area contributed by atoms with E-state index in [2.05, 4.69) is 113 Å². The van der Waals surface area contributed by atoms with E-state index in [1.165, 1.54) is 168 Å². The minimum atomic E-state index is -0.914. The molecule has 25 aliphatic rings. The average molecular weight is 1940 g/mol. The van der Waals surface area contributed by atoms with Crippen LogP contribution in [0.2, 0.25) is 0 Å². The van der Waals surface area contributed by atoms with E-state index in [0.717, 1.165) is 246 Å². The lowest BCUT2D eigenvalue weighted by molar-refractivity contribution is -0.160. The Hall–Kier alpha value is -5.61. The smallest absolute Gasteiger partial charge is 0.306 e. The standard InChI is InChI=1S/C27H40O3.C22H27NO2.C21H28O2.C20H30O2.2C19H28O2/c1-26-15-13-20(28)17-19(26)8-9-21-22-10-11-24(27(22,2)16-14-23(21)26)30-25(29)12-7-18-5-3-4-6-18;1-4-22(24)10-8-18-16-6-5-15-11-19-14(13-23-25-19)12-20(15,2)17(16)7-9-21(18,22)3;1-4-21(23)12-9-18-16-6-5-14-13-15(22)7-10-19(14,2)17(16)8-11-20(18,21)3;1-18-9-6-14(21)12-13(18)4-5-15-16(18)7-10-19(2)17(15)8-11-20(19,3)22;2*1-18-9-7-13(20)11-12(18)3-4-14-15-5-6-17(21)19(15,2)10-8-16(14)18/h17-18,21-24H,3-16H2,1-2H3;1,11,13,16-18,24H,5-10,12H2,2-3H3;1,13,16-18,23H,5-12H2,2-3H3;12,15-17,22H,4-11H2,1-3H3;2*11,14-17,21H,3-10H2,1-2H3. The van der Waals surface area contributed by atoms with E-state index in [9.17, 15) is 54.3 Å². The van der Waals surface area contributed by atoms with Crippen LogP contribution < -0.4 is 0 Å². The maximum absolute atomic E-state index is 12.7. The Kier molecular flexibility index (Phi) is 26.6. The molecule has 142 heavy (non-hydrogen) atoms. The topological polar surface area (TPSA) is 239 Å². The van der Waals surface area contributed by atoms with Gasteiger partial charge in [-0.1, -0.05) is 159 Å². The number of ether oxygens (including phenoxy) is 1. The number of ketones is 5. The lowest BCUT2D eigenvalue weighted by Crippen LogP contribution is -2.54. The SMILES string of the molecule is C#CC1(O)CCC2C3CCC4=CC(=O)CCC4(C)C3CCC21C.C#CC1(O)CCC2C3CCC4=Cc5oncc5CC4(C)C3CCC21C.CC12CCC(=O)C=C1CCC1C2CCC2(C)C(O)CCC12.CC12CCC(=O)C=C1CCC1C2CCC2(C)C(O)CCC12.CC12CCC(=O)C=C1CCC1C2CCC2(C)C(OC(=O)CCC3CCCC3)CCC12.CC12CCC(=O)C=C1CCC1C2CCC2(C)C1CCC2(C)O. The average Bonchev–Trinajstić information content (AvgIpc) is 1.55. The fraction of sp³-hybridized carbons (Fsp3) is 0.805. The number of esters is 1. The van der Waals surface area contributed by atoms with Gasteiger partial charge in [0.15, 0.2) is 34.7 Å². The van der Waals surface area contributed by atoms with Gasteiger partial charge in [0, 0.05) is 60.3 Å². The van der Waals surface area contributed by atoms with Crippen LogP contribution in [0.4, 0.5) is 0 Å². The molecule has 19 fully saturated rings. The lowest BCUT2D eigenvalue weighted by atomic mass is 9.46. The molecular weight excluding hydrogens is 1760 g/mol. The van der Waals surface area contributed by atoms with Crippen LogP contribution in [0.25, 0.3) is 6.08 Å². The van der Waals surface area contributed by atoms with E-state index in [4.69, 9.17) is 22.1 Å². The van der Waals surface area contributed by atoms with Gasteiger partial charge in [0.05, 0.1) is 24.0 Å². The zero-order valence-electron chi connectivity index (χ0n) is 89.8. The van der Waals surface area contributed by atoms with Crippen molar-refractivity contribution >= 4 is 41.0 Å². The number of nitrogens with zero attached hydrogens (tertiary/aromatic N) is 1. The Bertz CT molecular complexity index is 5300. The second-order valence-corrected chi connectivity index (χ2v) is 56.6. The highest BCUT2D eigenvalue weighted by molar-refractivity contribution is 5.94. The maximum Gasteiger partial charge on any atom is 0.306 e. The summed E-state index contributed by atoms with van der Waals surface area (Å²) in [5, 5.41) is 57.9. The minimum Gasteiger partial charge on any atom is -0.462 e. The van der Waals surface area contributed by atoms with Crippen molar-refractivity contribution in [2.24, 2.45) is 177 Å². The van der Waals surface area contributed by atoms with Gasteiger partial charge in [-0.15, -0.1) is 12.8 Å². The molecular formula is C128H181NO13. The van der Waals surface area contributed by atoms with Crippen molar-refractivity contribution in [2.45, 2.75) is 465 Å². The van der Waals surface area contributed by atoms with Crippen LogP contribution in [0.1, 0.15) is 435 Å². The first kappa shape index (κ1) is 102. The summed E-state index contributed by atoms with van der Waals surface area (Å²) in [5.74, 6) is 21.5. The number of fused-ring (bicyclic) bond motifs is 31. The molecule has 26 rings (SSSR count). The number of allylic oxidation sites excluding steroid dienone is 6. The summed E-state index contributed by atoms with van der Waals surface area (Å²) in [6.07, 6.45) is 82.9. The molecule has 36 atom stereocenters. The second kappa shape index (κ2) is 36.9. The van der Waals surface area contributed by atoms with E-state index >= 15 is 0 Å². The molecule has 14 heteroatoms. The molecule has 1 heterocycles. The number of carbonyl (C=O) groups excluding carboxylic acids is 6. The van der Waals surface area contributed by atoms with Crippen molar-refractivity contribution in [2.75, 3.05) is 0 Å². The summed E-state index contributed by atoms with van der Waals surface area (Å²) < 4.78 is 11.6. The summed E-state index contributed by atoms with van der Waals surface area (Å²) in [4.78, 5) is 71.9. The van der Waals surface area contributed by atoms with Crippen LogP contribution in [0, 0.1) is 202 Å². The Balaban J connectivity index is 0.000000101. The summed E-state index contributed by atoms with van der Waals surface area (Å²) in [6, 6.07) is 0. The molecule has 36 unspecified atom stereocenters. The van der Waals surface area contributed by atoms with Crippen molar-refractivity contribution in [3.05, 3.63) is 81.3 Å². The van der Waals surface area contributed by atoms with Gasteiger partial charge in [0.2, 0.25) is 0 Å². The molecule has 1 aromatic rings. The Morgan fingerprint density at radius 1 is 0.345 bits per heavy atom. The van der Waals surface area contributed by atoms with E-state index in [1.54, 1.807) is 5.57 Å². The third-order valence-corrected chi connectivity index (χ3v) is 51.7. The third kappa shape index (κ3) is 16.1. The number of terminal acetylenes is 2. The molecule has 0 amide bonds. The van der Waals surface area contributed by atoms with Crippen LogP contribution in [0.15, 0.2) is 74.5 Å². The summed E-state index contributed by atoms with van der Waals surface area (Å²) in [5.41, 5.74) is 9.49. The molecule has 0 radical (unpaired) electrons. The number of hydrogen-bond acceptors (Lipinski definition) is 14. The van der Waals surface area contributed by atoms with Crippen LogP contribution in [0.5, 0.6) is 0 Å². The van der Waals surface area contributed by atoms with Crippen molar-refractivity contribution in [3.8, 4) is 24.7 Å². The first-order chi connectivity index (χ1) is 67.3. The first-order valence-corrected chi connectivity index (χ1v) is 58.9. The number of aliphatic hydroxyl groups is 5. The predicted octanol–water partition coefficient (Wildman–Crippen LogP) is 26.5. The van der Waals surface area contributed by atoms with Gasteiger partial charge >= 0.3 is 5.97 Å². The van der Waals surface area contributed by atoms with Crippen LogP contribution in [-0.4, -0.2) is 101 Å². The molecule has 14 nitrogen and oxygen atoms in total. The highest BCUT2D eigenvalue weighted by Crippen LogP contribution is 2.75. The van der Waals surface area contributed by atoms with Crippen molar-refractivity contribution in [1.82, 2.24) is 5.16 Å². The Labute approximate surface area is 853 Å². The molecule has 776 valence electrons. The van der Waals surface area contributed by atoms with Crippen molar-refractivity contribution < 1.29 is 63.6 Å². The molecule has 1 aromatic heterocycles. The first-order valence-electron chi connectivity index (χ1n) is 58.9. The van der Waals surface area contributed by atoms with E-state index in [-0.39, 0.29) is 89.3 Å². The number of hydrogen-bond donors (Lipinski definition) is 5. The molecule has 0 saturated heterocycles. The van der Waals surface area contributed by atoms with Gasteiger partial charge in [0.25, 0.3) is 0 Å². The third-order valence-electron chi connectivity index (χ3n) is 51.7. The Morgan fingerprint density at radius 3 is 1.04 bits per heavy atom. The number of aliphatic hydroxyl groups excluding tert-OH is 2. The monoisotopic (exact) mass is 1940 g/mol. The molecule has 19 saturated carbocycles. The predicted molar refractivity (Wildman–Crippen MR) is 557 cm³/mol. The van der Waals surface area contributed by atoms with E-state index in [0.29, 0.717) is 107 Å². The van der Waals surface area contributed by atoms with Crippen LogP contribution in [-0.2, 0) is 39.9 Å². The normalized spacial score (nSPS) is 50.0. The van der Waals surface area contributed by atoms with Crippen molar-refractivity contribution in [1.29, 1.82) is 0 Å². The van der Waals surface area contributed by atoms with Gasteiger partial charge in [-0.3, -0.25) is 28.8 Å². The lowest BCUT2D eigenvalue weighted by Gasteiger charge is -2.58. The van der Waals surface area contributed by atoms with Crippen LogP contribution in [0.3, 0.4) is 0 Å². The molecule has 5 N–H and O–H groups in total. The zero-order chi connectivity index (χ0) is 100. The molecule has 0 bridgehead atoms. The zero-order valence-corrected chi connectivity index (χ0v) is 89.8. The quantitative estimate of drug-likeness (QED) is 0.139.